The lowest BCUT2D eigenvalue weighted by Gasteiger charge is -2.36. The highest BCUT2D eigenvalue weighted by atomic mass is 32.1. The van der Waals surface area contributed by atoms with Crippen LogP contribution in [0.3, 0.4) is 0 Å². The van der Waals surface area contributed by atoms with E-state index >= 15 is 0 Å². The molecule has 0 bridgehead atoms. The Morgan fingerprint density at radius 2 is 1.40 bits per heavy atom. The lowest BCUT2D eigenvalue weighted by atomic mass is 9.83. The number of nitrogens with one attached hydrogen (secondary N) is 5. The topological polar surface area (TPSA) is 267 Å². The Labute approximate surface area is 514 Å². The maximum absolute atomic E-state index is 15.0. The largest absolute Gasteiger partial charge is 0.446 e. The van der Waals surface area contributed by atoms with E-state index in [0.717, 1.165) is 91.1 Å². The van der Waals surface area contributed by atoms with E-state index in [0.29, 0.717) is 55.8 Å². The maximum Gasteiger partial charge on any atom is 0.411 e. The van der Waals surface area contributed by atoms with Crippen LogP contribution in [0.1, 0.15) is 147 Å². The molecule has 0 radical (unpaired) electrons. The summed E-state index contributed by atoms with van der Waals surface area (Å²) >= 11 is 1.36. The van der Waals surface area contributed by atoms with Gasteiger partial charge in [0.15, 0.2) is 5.13 Å². The highest BCUT2D eigenvalue weighted by Crippen LogP contribution is 2.35. The highest BCUT2D eigenvalue weighted by molar-refractivity contribution is 7.22. The second kappa shape index (κ2) is 32.4. The molecule has 3 fully saturated rings. The number of amides is 7. The number of likely N-dealkylation sites (tertiary alicyclic amines) is 1. The lowest BCUT2D eigenvalue weighted by Crippen LogP contribution is -2.59. The number of aryl methyl sites for hydroxylation is 2. The number of hydrogen-bond donors (Lipinski definition) is 5. The number of ether oxygens (including phenoxy) is 6. The molecule has 474 valence electrons. The van der Waals surface area contributed by atoms with Crippen molar-refractivity contribution in [2.75, 3.05) is 77.1 Å². The molecule has 2 aromatic carbocycles. The fourth-order valence-corrected chi connectivity index (χ4v) is 12.5. The molecule has 0 unspecified atom stereocenters. The standard InChI is InChI=1S/C64H89N9O13S/c1-41-52(69-62(79)85-48-20-11-8-12-21-48)36-46(39-65-41)45-24-25-51-54(37-45)87-61(68-51)70-56(75)27-29-82-31-33-84-35-34-83-32-30-81-28-26-55(74)66-47-38-53(59(77)67-50-23-15-19-43-16-13-14-22-49(43)50)73(40-47)60(78)57(44-17-9-7-10-18-44)71-58(76)42(2)72(6)63(80)86-64(3,4)5/h13-14,16,22,24-25,36-37,39,42,44,47-48,50,53,57H,7-12,15,17-21,23,26-35,38,40H2,1-6H3,(H,66,74)(H,67,77)(H,69,79)(H,71,76)(H,68,70,75)/t42-,47-,50+,53-,57-/m0/s1. The number of fused-ring (bicyclic) bond motifs is 2. The predicted molar refractivity (Wildman–Crippen MR) is 330 cm³/mol. The summed E-state index contributed by atoms with van der Waals surface area (Å²) in [7, 11) is 1.49. The van der Waals surface area contributed by atoms with Gasteiger partial charge in [0.1, 0.15) is 29.8 Å². The van der Waals surface area contributed by atoms with Crippen molar-refractivity contribution in [1.29, 1.82) is 0 Å². The first-order chi connectivity index (χ1) is 41.9. The van der Waals surface area contributed by atoms with Crippen LogP contribution in [-0.2, 0) is 58.8 Å². The van der Waals surface area contributed by atoms with Gasteiger partial charge in [0.25, 0.3) is 0 Å². The van der Waals surface area contributed by atoms with Gasteiger partial charge in [0.2, 0.25) is 29.5 Å². The summed E-state index contributed by atoms with van der Waals surface area (Å²) < 4.78 is 34.7. The molecule has 8 rings (SSSR count). The van der Waals surface area contributed by atoms with E-state index < -0.39 is 47.9 Å². The van der Waals surface area contributed by atoms with Crippen LogP contribution in [0.15, 0.2) is 54.7 Å². The summed E-state index contributed by atoms with van der Waals surface area (Å²) in [5, 5.41) is 15.5. The number of rotatable bonds is 27. The van der Waals surface area contributed by atoms with Crippen molar-refractivity contribution < 1.29 is 62.0 Å². The Morgan fingerprint density at radius 3 is 2.09 bits per heavy atom. The second-order valence-corrected chi connectivity index (χ2v) is 25.2. The van der Waals surface area contributed by atoms with Crippen LogP contribution < -0.4 is 26.6 Å². The summed E-state index contributed by atoms with van der Waals surface area (Å²) in [4.78, 5) is 107. The zero-order chi connectivity index (χ0) is 61.9. The number of pyridine rings is 1. The van der Waals surface area contributed by atoms with Crippen LogP contribution in [-0.4, -0.2) is 164 Å². The quantitative estimate of drug-likeness (QED) is 0.0349. The Balaban J connectivity index is 0.714. The van der Waals surface area contributed by atoms with E-state index in [4.69, 9.17) is 28.4 Å². The summed E-state index contributed by atoms with van der Waals surface area (Å²) in [5.74, 6) is -1.91. The predicted octanol–water partition coefficient (Wildman–Crippen LogP) is 8.93. The van der Waals surface area contributed by atoms with Gasteiger partial charge in [-0.05, 0) is 140 Å². The van der Waals surface area contributed by atoms with Crippen molar-refractivity contribution in [1.82, 2.24) is 35.7 Å². The van der Waals surface area contributed by atoms with Gasteiger partial charge in [-0.25, -0.2) is 14.6 Å². The second-order valence-electron chi connectivity index (χ2n) is 24.2. The van der Waals surface area contributed by atoms with Crippen LogP contribution in [0.5, 0.6) is 0 Å². The zero-order valence-corrected chi connectivity index (χ0v) is 52.2. The van der Waals surface area contributed by atoms with Crippen molar-refractivity contribution in [2.24, 2.45) is 5.92 Å². The number of nitrogens with zero attached hydrogens (tertiary/aromatic N) is 4. The van der Waals surface area contributed by atoms with E-state index in [9.17, 15) is 33.6 Å². The monoisotopic (exact) mass is 1220 g/mol. The van der Waals surface area contributed by atoms with E-state index in [-0.39, 0.29) is 93.9 Å². The summed E-state index contributed by atoms with van der Waals surface area (Å²) in [6.45, 7) is 10.9. The Kier molecular flexibility index (Phi) is 24.7. The molecular formula is C64H89N9O13S. The minimum atomic E-state index is -0.955. The SMILES string of the molecule is Cc1ncc(-c2ccc3nc(NC(=O)CCOCCOCCOCCOCCC(=O)N[C@H]4C[C@@H](C(=O)N[C@@H]5CCCc6ccccc65)N(C(=O)[C@@H](NC(=O)[C@H](C)N(C)C(=O)OC(C)(C)C)C5CCCCC5)C4)sc3c2)cc1NC(=O)OC1CCCCC1. The minimum Gasteiger partial charge on any atom is -0.446 e. The number of thiazole rings is 1. The van der Waals surface area contributed by atoms with E-state index in [1.165, 1.54) is 40.2 Å². The maximum atomic E-state index is 15.0. The van der Waals surface area contributed by atoms with Crippen molar-refractivity contribution >= 4 is 74.1 Å². The highest BCUT2D eigenvalue weighted by Gasteiger charge is 2.45. The third-order valence-electron chi connectivity index (χ3n) is 16.4. The number of aromatic nitrogens is 2. The van der Waals surface area contributed by atoms with Gasteiger partial charge < -0.3 is 54.6 Å². The molecule has 1 aliphatic heterocycles. The molecule has 0 spiro atoms. The van der Waals surface area contributed by atoms with Gasteiger partial charge in [0.05, 0.1) is 86.9 Å². The molecule has 5 atom stereocenters. The Bertz CT molecular complexity index is 2980. The third kappa shape index (κ3) is 19.9. The molecule has 23 heteroatoms. The molecular weight excluding hydrogens is 1130 g/mol. The van der Waals surface area contributed by atoms with E-state index in [1.807, 2.05) is 49.4 Å². The number of carbonyl (C=O) groups is 7. The van der Waals surface area contributed by atoms with E-state index in [1.54, 1.807) is 33.9 Å². The molecule has 87 heavy (non-hydrogen) atoms. The normalized spacial score (nSPS) is 18.9. The first-order valence-electron chi connectivity index (χ1n) is 31.1. The number of benzene rings is 2. The van der Waals surface area contributed by atoms with Gasteiger partial charge in [-0.2, -0.15) is 0 Å². The van der Waals surface area contributed by atoms with Crippen LogP contribution >= 0.6 is 11.3 Å². The Hall–Kier alpha value is -6.79. The Morgan fingerprint density at radius 1 is 0.747 bits per heavy atom. The van der Waals surface area contributed by atoms with Gasteiger partial charge in [-0.3, -0.25) is 39.2 Å². The minimum absolute atomic E-state index is 0.0489. The van der Waals surface area contributed by atoms with Gasteiger partial charge in [-0.1, -0.05) is 67.4 Å². The average Bonchev–Trinajstić information content (AvgIpc) is 2.27. The molecule has 7 amide bonds. The van der Waals surface area contributed by atoms with Gasteiger partial charge in [0, 0.05) is 37.8 Å². The van der Waals surface area contributed by atoms with E-state index in [2.05, 4.69) is 42.6 Å². The summed E-state index contributed by atoms with van der Waals surface area (Å²) in [6.07, 6.45) is 12.8. The molecule has 3 heterocycles. The van der Waals surface area contributed by atoms with Gasteiger partial charge in [-0.15, -0.1) is 0 Å². The fourth-order valence-electron chi connectivity index (χ4n) is 11.6. The van der Waals surface area contributed by atoms with Crippen LogP contribution in [0.4, 0.5) is 20.4 Å². The molecule has 1 saturated heterocycles. The number of anilines is 2. The smallest absolute Gasteiger partial charge is 0.411 e. The molecule has 4 aliphatic rings. The zero-order valence-electron chi connectivity index (χ0n) is 51.4. The molecule has 22 nitrogen and oxygen atoms in total. The molecule has 3 aliphatic carbocycles. The van der Waals surface area contributed by atoms with Crippen molar-refractivity contribution in [3.8, 4) is 11.1 Å². The lowest BCUT2D eigenvalue weighted by molar-refractivity contribution is -0.143. The van der Waals surface area contributed by atoms with Gasteiger partial charge >= 0.3 is 12.2 Å². The first kappa shape index (κ1) is 66.2. The number of hydrogen-bond acceptors (Lipinski definition) is 16. The average molecular weight is 1220 g/mol. The number of carbonyl (C=O) groups excluding carboxylic acids is 7. The summed E-state index contributed by atoms with van der Waals surface area (Å²) in [6, 6.07) is 12.2. The fraction of sp³-hybridized carbons (Fsp3) is 0.609. The van der Waals surface area contributed by atoms with Crippen molar-refractivity contribution in [3.63, 3.8) is 0 Å². The van der Waals surface area contributed by atoms with Crippen LogP contribution in [0, 0.1) is 12.8 Å². The third-order valence-corrected chi connectivity index (χ3v) is 17.4. The van der Waals surface area contributed by atoms with Crippen molar-refractivity contribution in [2.45, 2.75) is 179 Å². The molecule has 2 saturated carbocycles. The van der Waals surface area contributed by atoms with Crippen LogP contribution in [0.2, 0.25) is 0 Å². The molecule has 2 aromatic heterocycles. The molecule has 5 N–H and O–H groups in total. The summed E-state index contributed by atoms with van der Waals surface area (Å²) in [5.41, 5.74) is 5.20. The molecule has 4 aromatic rings. The number of likely N-dealkylation sites (N-methyl/N-ethyl adjacent to an activating group) is 1. The first-order valence-corrected chi connectivity index (χ1v) is 31.9. The van der Waals surface area contributed by atoms with Crippen LogP contribution in [0.25, 0.3) is 21.3 Å². The van der Waals surface area contributed by atoms with Crippen molar-refractivity contribution in [3.05, 3.63) is 71.5 Å².